The molecule has 0 aliphatic carbocycles. The van der Waals surface area contributed by atoms with E-state index in [0.29, 0.717) is 23.7 Å². The molecule has 3 aromatic heterocycles. The summed E-state index contributed by atoms with van der Waals surface area (Å²) in [4.78, 5) is 13.0. The molecule has 0 spiro atoms. The van der Waals surface area contributed by atoms with E-state index in [1.165, 1.54) is 6.33 Å². The molecule has 0 unspecified atom stereocenters. The van der Waals surface area contributed by atoms with E-state index in [2.05, 4.69) is 20.3 Å². The molecule has 5 rings (SSSR count). The number of aliphatic hydroxyl groups excluding tert-OH is 1. The van der Waals surface area contributed by atoms with Crippen LogP contribution in [0.25, 0.3) is 21.9 Å². The van der Waals surface area contributed by atoms with E-state index in [9.17, 15) is 5.11 Å². The second-order valence-electron chi connectivity index (χ2n) is 7.79. The normalized spacial score (nSPS) is 21.2. The molecule has 1 aliphatic rings. The SMILES string of the molecule is CNc1ncnc2c1ccn2[C@H]1C[C@H](O)[C@@H](CCc2ccc3cc(Cl)c(N)nc3c2)O1. The first-order chi connectivity index (χ1) is 15.0. The Labute approximate surface area is 184 Å². The van der Waals surface area contributed by atoms with Crippen molar-refractivity contribution in [2.24, 2.45) is 0 Å². The van der Waals surface area contributed by atoms with Crippen molar-refractivity contribution in [3.63, 3.8) is 0 Å². The molecule has 3 atom stereocenters. The first-order valence-electron chi connectivity index (χ1n) is 10.2. The molecule has 0 amide bonds. The van der Waals surface area contributed by atoms with E-state index in [-0.39, 0.29) is 12.3 Å². The predicted molar refractivity (Wildman–Crippen MR) is 121 cm³/mol. The maximum absolute atomic E-state index is 10.6. The Morgan fingerprint density at radius 1 is 1.29 bits per heavy atom. The molecule has 4 aromatic rings. The Bertz CT molecular complexity index is 1260. The van der Waals surface area contributed by atoms with Gasteiger partial charge >= 0.3 is 0 Å². The molecule has 1 aliphatic heterocycles. The zero-order chi connectivity index (χ0) is 21.5. The molecular formula is C22H23ClN6O2. The van der Waals surface area contributed by atoms with Crippen molar-refractivity contribution in [1.29, 1.82) is 0 Å². The number of nitrogen functional groups attached to an aromatic ring is 1. The Morgan fingerprint density at radius 2 is 2.16 bits per heavy atom. The predicted octanol–water partition coefficient (Wildman–Crippen LogP) is 3.54. The number of aliphatic hydroxyl groups is 1. The third kappa shape index (κ3) is 3.67. The van der Waals surface area contributed by atoms with Gasteiger partial charge in [0.2, 0.25) is 0 Å². The molecule has 1 fully saturated rings. The highest BCUT2D eigenvalue weighted by molar-refractivity contribution is 6.33. The Hall–Kier alpha value is -2.94. The number of hydrogen-bond acceptors (Lipinski definition) is 7. The van der Waals surface area contributed by atoms with Crippen LogP contribution < -0.4 is 11.1 Å². The van der Waals surface area contributed by atoms with Crippen LogP contribution >= 0.6 is 11.6 Å². The molecule has 1 saturated heterocycles. The Balaban J connectivity index is 1.30. The molecule has 1 aromatic carbocycles. The van der Waals surface area contributed by atoms with Gasteiger partial charge in [0, 0.05) is 25.1 Å². The number of aromatic nitrogens is 4. The summed E-state index contributed by atoms with van der Waals surface area (Å²) in [6, 6.07) is 9.83. The van der Waals surface area contributed by atoms with Gasteiger partial charge in [0.15, 0.2) is 0 Å². The van der Waals surface area contributed by atoms with Gasteiger partial charge in [-0.2, -0.15) is 0 Å². The standard InChI is InChI=1S/C22H23ClN6O2/c1-25-21-14-6-7-29(22(14)27-11-26-21)19-10-17(30)18(31-19)5-3-12-2-4-13-9-15(23)20(24)28-16(13)8-12/h2,4,6-9,11,17-19,30H,3,5,10H2,1H3,(H2,24,28)(H,25,26,27)/t17-,18+,19+/m0/s1. The van der Waals surface area contributed by atoms with Crippen LogP contribution in [-0.4, -0.2) is 43.9 Å². The number of aryl methyl sites for hydroxylation is 1. The van der Waals surface area contributed by atoms with Gasteiger partial charge in [-0.25, -0.2) is 15.0 Å². The fraction of sp³-hybridized carbons (Fsp3) is 0.318. The maximum atomic E-state index is 10.6. The molecule has 4 N–H and O–H groups in total. The van der Waals surface area contributed by atoms with E-state index >= 15 is 0 Å². The van der Waals surface area contributed by atoms with Gasteiger partial charge in [-0.3, -0.25) is 0 Å². The number of nitrogens with zero attached hydrogens (tertiary/aromatic N) is 4. The molecule has 31 heavy (non-hydrogen) atoms. The van der Waals surface area contributed by atoms with Crippen molar-refractivity contribution in [3.05, 3.63) is 53.4 Å². The number of nitrogens with one attached hydrogen (secondary N) is 1. The lowest BCUT2D eigenvalue weighted by molar-refractivity contribution is -0.0203. The first kappa shape index (κ1) is 20.0. The number of halogens is 1. The molecule has 9 heteroatoms. The summed E-state index contributed by atoms with van der Waals surface area (Å²) >= 11 is 6.05. The lowest BCUT2D eigenvalue weighted by Crippen LogP contribution is -2.21. The largest absolute Gasteiger partial charge is 0.390 e. The van der Waals surface area contributed by atoms with Gasteiger partial charge in [0.25, 0.3) is 0 Å². The summed E-state index contributed by atoms with van der Waals surface area (Å²) in [6.45, 7) is 0. The van der Waals surface area contributed by atoms with Crippen LogP contribution in [0.4, 0.5) is 11.6 Å². The minimum absolute atomic E-state index is 0.257. The lowest BCUT2D eigenvalue weighted by Gasteiger charge is -2.16. The summed E-state index contributed by atoms with van der Waals surface area (Å²) in [5.41, 5.74) is 8.54. The molecule has 0 radical (unpaired) electrons. The lowest BCUT2D eigenvalue weighted by atomic mass is 10.0. The van der Waals surface area contributed by atoms with E-state index < -0.39 is 6.10 Å². The fourth-order valence-corrected chi connectivity index (χ4v) is 4.37. The zero-order valence-electron chi connectivity index (χ0n) is 17.0. The number of rotatable bonds is 5. The highest BCUT2D eigenvalue weighted by atomic mass is 35.5. The van der Waals surface area contributed by atoms with Crippen LogP contribution in [0.1, 0.15) is 24.6 Å². The van der Waals surface area contributed by atoms with E-state index in [4.69, 9.17) is 22.1 Å². The Morgan fingerprint density at radius 3 is 3.00 bits per heavy atom. The maximum Gasteiger partial charge on any atom is 0.147 e. The van der Waals surface area contributed by atoms with Gasteiger partial charge in [-0.05, 0) is 36.6 Å². The average Bonchev–Trinajstić information content (AvgIpc) is 3.36. The number of hydrogen-bond donors (Lipinski definition) is 3. The minimum Gasteiger partial charge on any atom is -0.390 e. The number of fused-ring (bicyclic) bond motifs is 2. The average molecular weight is 439 g/mol. The molecule has 4 heterocycles. The summed E-state index contributed by atoms with van der Waals surface area (Å²) in [6.07, 6.45) is 4.37. The van der Waals surface area contributed by atoms with Crippen LogP contribution in [0, 0.1) is 0 Å². The van der Waals surface area contributed by atoms with Crippen LogP contribution in [-0.2, 0) is 11.2 Å². The number of pyridine rings is 1. The smallest absolute Gasteiger partial charge is 0.147 e. The van der Waals surface area contributed by atoms with Gasteiger partial charge in [-0.1, -0.05) is 23.7 Å². The zero-order valence-corrected chi connectivity index (χ0v) is 17.8. The second kappa shape index (κ2) is 7.96. The topological polar surface area (TPSA) is 111 Å². The number of anilines is 2. The fourth-order valence-electron chi connectivity index (χ4n) is 4.21. The van der Waals surface area contributed by atoms with E-state index in [1.807, 2.05) is 48.1 Å². The van der Waals surface area contributed by atoms with Crippen molar-refractivity contribution >= 4 is 45.2 Å². The minimum atomic E-state index is -0.541. The summed E-state index contributed by atoms with van der Waals surface area (Å²) < 4.78 is 8.19. The van der Waals surface area contributed by atoms with Crippen molar-refractivity contribution in [1.82, 2.24) is 19.5 Å². The van der Waals surface area contributed by atoms with Gasteiger partial charge in [-0.15, -0.1) is 0 Å². The van der Waals surface area contributed by atoms with Gasteiger partial charge in [0.05, 0.1) is 28.1 Å². The third-order valence-corrected chi connectivity index (χ3v) is 6.14. The Kier molecular flexibility index (Phi) is 5.13. The van der Waals surface area contributed by atoms with E-state index in [1.54, 1.807) is 0 Å². The molecule has 0 saturated carbocycles. The van der Waals surface area contributed by atoms with Crippen LogP contribution in [0.15, 0.2) is 42.9 Å². The quantitative estimate of drug-likeness (QED) is 0.437. The van der Waals surface area contributed by atoms with Crippen molar-refractivity contribution < 1.29 is 9.84 Å². The number of nitrogens with two attached hydrogens (primary N) is 1. The third-order valence-electron chi connectivity index (χ3n) is 5.84. The van der Waals surface area contributed by atoms with E-state index in [0.717, 1.165) is 39.7 Å². The monoisotopic (exact) mass is 438 g/mol. The van der Waals surface area contributed by atoms with Crippen molar-refractivity contribution in [2.75, 3.05) is 18.1 Å². The highest BCUT2D eigenvalue weighted by Gasteiger charge is 2.35. The van der Waals surface area contributed by atoms with Crippen molar-refractivity contribution in [2.45, 2.75) is 37.7 Å². The van der Waals surface area contributed by atoms with Crippen LogP contribution in [0.5, 0.6) is 0 Å². The van der Waals surface area contributed by atoms with Crippen LogP contribution in [0.2, 0.25) is 5.02 Å². The molecular weight excluding hydrogens is 416 g/mol. The number of ether oxygens (including phenoxy) is 1. The van der Waals surface area contributed by atoms with Gasteiger partial charge in [0.1, 0.15) is 29.8 Å². The second-order valence-corrected chi connectivity index (χ2v) is 8.19. The first-order valence-corrected chi connectivity index (χ1v) is 10.6. The molecule has 160 valence electrons. The highest BCUT2D eigenvalue weighted by Crippen LogP contribution is 2.34. The number of benzene rings is 1. The summed E-state index contributed by atoms with van der Waals surface area (Å²) in [5.74, 6) is 1.10. The van der Waals surface area contributed by atoms with Gasteiger partial charge < -0.3 is 25.5 Å². The molecule has 8 nitrogen and oxygen atoms in total. The summed E-state index contributed by atoms with van der Waals surface area (Å²) in [5, 5.41) is 16.0. The van der Waals surface area contributed by atoms with Crippen LogP contribution in [0.3, 0.4) is 0 Å². The van der Waals surface area contributed by atoms with Crippen molar-refractivity contribution in [3.8, 4) is 0 Å². The summed E-state index contributed by atoms with van der Waals surface area (Å²) in [7, 11) is 1.83. The molecule has 0 bridgehead atoms.